The second-order valence-corrected chi connectivity index (χ2v) is 15.7. The highest BCUT2D eigenvalue weighted by Crippen LogP contribution is 2.51. The average Bonchev–Trinajstić information content (AvgIpc) is 3.03. The first-order chi connectivity index (χ1) is 22.6. The molecule has 0 unspecified atom stereocenters. The minimum Gasteiger partial charge on any atom is -0.507 e. The number of nitrogens with one attached hydrogen (secondary N) is 1. The number of piperidine rings is 2. The van der Waals surface area contributed by atoms with Gasteiger partial charge < -0.3 is 34.8 Å². The molecule has 11 heteroatoms. The molecule has 7 rings (SSSR count). The molecule has 5 aliphatic rings. The number of phenolic OH excluding ortho intramolecular Hbond substituents is 1. The summed E-state index contributed by atoms with van der Waals surface area (Å²) >= 11 is 0. The van der Waals surface area contributed by atoms with Crippen LogP contribution in [0.5, 0.6) is 5.75 Å². The number of aromatic nitrogens is 2. The molecule has 256 valence electrons. The van der Waals surface area contributed by atoms with E-state index in [9.17, 15) is 9.90 Å². The SMILES string of the molecule is CNc1nnc(-c2ccccc2O)cc1N1CCN(C2CCN(C3CCN(C4CC5(C4)CN(C(=O)OC(C)(C)C)C5)CC3)CC2)CC1. The van der Waals surface area contributed by atoms with Crippen molar-refractivity contribution < 1.29 is 14.6 Å². The molecule has 2 aromatic rings. The van der Waals surface area contributed by atoms with Gasteiger partial charge in [0.05, 0.1) is 11.4 Å². The monoisotopic (exact) mass is 646 g/mol. The quantitative estimate of drug-likeness (QED) is 0.472. The number of carbonyl (C=O) groups is 1. The fraction of sp³-hybridized carbons (Fsp3) is 0.694. The minimum atomic E-state index is -0.422. The first-order valence-corrected chi connectivity index (χ1v) is 17.9. The third kappa shape index (κ3) is 6.89. The van der Waals surface area contributed by atoms with E-state index in [1.807, 2.05) is 50.9 Å². The van der Waals surface area contributed by atoms with Gasteiger partial charge in [0.1, 0.15) is 11.4 Å². The molecule has 0 atom stereocenters. The summed E-state index contributed by atoms with van der Waals surface area (Å²) in [5.41, 5.74) is 2.38. The lowest BCUT2D eigenvalue weighted by molar-refractivity contribution is -0.113. The number of para-hydroxylation sites is 1. The van der Waals surface area contributed by atoms with E-state index in [2.05, 4.69) is 41.2 Å². The zero-order valence-corrected chi connectivity index (χ0v) is 28.8. The van der Waals surface area contributed by atoms with Gasteiger partial charge in [0.2, 0.25) is 0 Å². The van der Waals surface area contributed by atoms with Crippen molar-refractivity contribution in [3.8, 4) is 17.0 Å². The zero-order valence-electron chi connectivity index (χ0n) is 28.8. The molecule has 1 aliphatic carbocycles. The predicted octanol–water partition coefficient (Wildman–Crippen LogP) is 4.34. The van der Waals surface area contributed by atoms with E-state index < -0.39 is 5.60 Å². The minimum absolute atomic E-state index is 0.149. The Balaban J connectivity index is 0.830. The number of ether oxygens (including phenoxy) is 1. The van der Waals surface area contributed by atoms with Crippen LogP contribution in [0.2, 0.25) is 0 Å². The Bertz CT molecular complexity index is 1390. The van der Waals surface area contributed by atoms with Gasteiger partial charge in [-0.3, -0.25) is 4.90 Å². The van der Waals surface area contributed by atoms with Crippen LogP contribution >= 0.6 is 0 Å². The number of piperazine rings is 1. The van der Waals surface area contributed by atoms with Crippen LogP contribution in [0.1, 0.15) is 59.3 Å². The normalized spacial score (nSPS) is 23.8. The van der Waals surface area contributed by atoms with Crippen molar-refractivity contribution in [2.75, 3.05) is 82.7 Å². The fourth-order valence-electron chi connectivity index (χ4n) is 8.86. The molecule has 0 radical (unpaired) electrons. The average molecular weight is 647 g/mol. The number of benzene rings is 1. The molecule has 4 aliphatic heterocycles. The summed E-state index contributed by atoms with van der Waals surface area (Å²) in [6, 6.07) is 11.5. The van der Waals surface area contributed by atoms with Gasteiger partial charge in [-0.2, -0.15) is 0 Å². The summed E-state index contributed by atoms with van der Waals surface area (Å²) in [5, 5.41) is 22.4. The Morgan fingerprint density at radius 1 is 0.851 bits per heavy atom. The Labute approximate surface area is 280 Å². The van der Waals surface area contributed by atoms with E-state index in [1.165, 1.54) is 64.7 Å². The van der Waals surface area contributed by atoms with E-state index in [-0.39, 0.29) is 11.8 Å². The van der Waals surface area contributed by atoms with E-state index in [0.717, 1.165) is 56.8 Å². The highest BCUT2D eigenvalue weighted by molar-refractivity contribution is 5.75. The highest BCUT2D eigenvalue weighted by Gasteiger charge is 2.55. The third-order valence-electron chi connectivity index (χ3n) is 11.4. The van der Waals surface area contributed by atoms with Crippen molar-refractivity contribution in [3.05, 3.63) is 30.3 Å². The lowest BCUT2D eigenvalue weighted by Crippen LogP contribution is -2.68. The van der Waals surface area contributed by atoms with Crippen LogP contribution in [0.3, 0.4) is 0 Å². The molecular formula is C36H54N8O3. The van der Waals surface area contributed by atoms with E-state index in [0.29, 0.717) is 28.8 Å². The van der Waals surface area contributed by atoms with Gasteiger partial charge in [-0.1, -0.05) is 12.1 Å². The van der Waals surface area contributed by atoms with Gasteiger partial charge in [0.25, 0.3) is 0 Å². The molecule has 2 N–H and O–H groups in total. The molecule has 11 nitrogen and oxygen atoms in total. The van der Waals surface area contributed by atoms with Gasteiger partial charge in [-0.25, -0.2) is 4.79 Å². The van der Waals surface area contributed by atoms with Crippen molar-refractivity contribution in [2.45, 2.75) is 83.0 Å². The maximum atomic E-state index is 12.4. The largest absolute Gasteiger partial charge is 0.507 e. The summed E-state index contributed by atoms with van der Waals surface area (Å²) in [4.78, 5) is 24.9. The van der Waals surface area contributed by atoms with Crippen LogP contribution in [0.4, 0.5) is 16.3 Å². The molecule has 4 saturated heterocycles. The predicted molar refractivity (Wildman–Crippen MR) is 185 cm³/mol. The number of carbonyl (C=O) groups excluding carboxylic acids is 1. The van der Waals surface area contributed by atoms with Gasteiger partial charge in [-0.15, -0.1) is 10.2 Å². The van der Waals surface area contributed by atoms with Crippen LogP contribution in [-0.2, 0) is 4.74 Å². The van der Waals surface area contributed by atoms with E-state index in [4.69, 9.17) is 4.74 Å². The first-order valence-electron chi connectivity index (χ1n) is 17.9. The van der Waals surface area contributed by atoms with Gasteiger partial charge >= 0.3 is 6.09 Å². The lowest BCUT2D eigenvalue weighted by Gasteiger charge is -2.61. The standard InChI is InChI=1S/C36H54N8O3/c1-35(2,3)47-34(46)44-24-36(25-44)22-28(23-36)41-15-11-26(12-16-41)40-13-9-27(10-14-40)42-17-19-43(20-18-42)31-21-30(38-39-33(31)37-4)29-7-5-6-8-32(29)45/h5-8,21,26-28,45H,9-20,22-25H2,1-4H3,(H,37,39). The molecule has 1 saturated carbocycles. The van der Waals surface area contributed by atoms with Crippen molar-refractivity contribution >= 4 is 17.6 Å². The van der Waals surface area contributed by atoms with E-state index in [1.54, 1.807) is 6.07 Å². The number of amides is 1. The summed E-state index contributed by atoms with van der Waals surface area (Å²) in [5.74, 6) is 1.00. The zero-order chi connectivity index (χ0) is 32.8. The van der Waals surface area contributed by atoms with Crippen LogP contribution in [-0.4, -0.2) is 137 Å². The van der Waals surface area contributed by atoms with Crippen molar-refractivity contribution in [3.63, 3.8) is 0 Å². The van der Waals surface area contributed by atoms with Crippen LogP contribution in [0, 0.1) is 5.41 Å². The number of aromatic hydroxyl groups is 1. The number of hydrogen-bond donors (Lipinski definition) is 2. The maximum Gasteiger partial charge on any atom is 0.410 e. The summed E-state index contributed by atoms with van der Waals surface area (Å²) in [7, 11) is 1.89. The number of likely N-dealkylation sites (tertiary alicyclic amines) is 3. The molecule has 1 aromatic carbocycles. The van der Waals surface area contributed by atoms with E-state index >= 15 is 0 Å². The van der Waals surface area contributed by atoms with Gasteiger partial charge in [0, 0.05) is 75.4 Å². The number of hydrogen-bond acceptors (Lipinski definition) is 10. The molecule has 1 aromatic heterocycles. The molecular weight excluding hydrogens is 592 g/mol. The van der Waals surface area contributed by atoms with Crippen LogP contribution in [0.25, 0.3) is 11.3 Å². The molecule has 47 heavy (non-hydrogen) atoms. The number of phenols is 1. The Morgan fingerprint density at radius 2 is 1.43 bits per heavy atom. The number of nitrogens with zero attached hydrogens (tertiary/aromatic N) is 7. The lowest BCUT2D eigenvalue weighted by atomic mass is 9.60. The number of rotatable bonds is 6. The van der Waals surface area contributed by atoms with Gasteiger partial charge in [0.15, 0.2) is 5.82 Å². The fourth-order valence-corrected chi connectivity index (χ4v) is 8.86. The van der Waals surface area contributed by atoms with Gasteiger partial charge in [-0.05, 0) is 104 Å². The smallest absolute Gasteiger partial charge is 0.410 e. The highest BCUT2D eigenvalue weighted by atomic mass is 16.6. The summed E-state index contributed by atoms with van der Waals surface area (Å²) < 4.78 is 5.56. The molecule has 1 amide bonds. The Kier molecular flexibility index (Phi) is 8.99. The third-order valence-corrected chi connectivity index (χ3v) is 11.4. The summed E-state index contributed by atoms with van der Waals surface area (Å²) in [6.07, 6.45) is 7.42. The Morgan fingerprint density at radius 3 is 2.00 bits per heavy atom. The first kappa shape index (κ1) is 32.4. The maximum absolute atomic E-state index is 12.4. The van der Waals surface area contributed by atoms with Crippen molar-refractivity contribution in [1.82, 2.24) is 29.8 Å². The van der Waals surface area contributed by atoms with Crippen LogP contribution in [0.15, 0.2) is 30.3 Å². The van der Waals surface area contributed by atoms with Crippen molar-refractivity contribution in [2.24, 2.45) is 5.41 Å². The number of anilines is 2. The molecule has 1 spiro atoms. The van der Waals surface area contributed by atoms with Crippen molar-refractivity contribution in [1.29, 1.82) is 0 Å². The summed E-state index contributed by atoms with van der Waals surface area (Å²) in [6.45, 7) is 16.4. The molecule has 5 fully saturated rings. The molecule has 5 heterocycles. The molecule has 0 bridgehead atoms. The topological polar surface area (TPSA) is 101 Å². The van der Waals surface area contributed by atoms with Crippen LogP contribution < -0.4 is 10.2 Å². The second kappa shape index (κ2) is 13.0. The Hall–Kier alpha value is -3.15. The second-order valence-electron chi connectivity index (χ2n) is 15.7.